The Hall–Kier alpha value is -4.05. The third-order valence-corrected chi connectivity index (χ3v) is 6.90. The standard InChI is InChI=1S/C26H22N6O3/c27-24-23-25(29-12-28-24)32(20-10-18(34)19(11-33)35-20)26(31-23)30-17-8-15-6-4-13-2-1-3-14-5-7-16(9-17)22(15)21(13)14/h1-9,12,18-20,33-34H,10-11H2,(H,30,31)(H2,27,28,29)/t18-,19+,20+/m0/s1. The molecule has 9 heteroatoms. The highest BCUT2D eigenvalue weighted by atomic mass is 16.5. The van der Waals surface area contributed by atoms with Crippen LogP contribution in [0.5, 0.6) is 0 Å². The number of ether oxygens (including phenoxy) is 1. The number of aromatic nitrogens is 4. The Bertz CT molecular complexity index is 1670. The molecule has 0 saturated carbocycles. The number of imidazole rings is 1. The number of anilines is 3. The number of nitrogen functional groups attached to an aromatic ring is 1. The summed E-state index contributed by atoms with van der Waals surface area (Å²) < 4.78 is 7.71. The molecule has 0 spiro atoms. The minimum atomic E-state index is -0.799. The molecule has 4 aromatic carbocycles. The molecule has 6 aromatic rings. The number of benzene rings is 4. The number of hydrogen-bond donors (Lipinski definition) is 4. The summed E-state index contributed by atoms with van der Waals surface area (Å²) in [4.78, 5) is 13.1. The van der Waals surface area contributed by atoms with Crippen molar-refractivity contribution in [3.63, 3.8) is 0 Å². The molecule has 2 aromatic heterocycles. The van der Waals surface area contributed by atoms with Gasteiger partial charge in [0.05, 0.1) is 12.7 Å². The molecular weight excluding hydrogens is 444 g/mol. The van der Waals surface area contributed by atoms with Gasteiger partial charge in [0.15, 0.2) is 17.0 Å². The van der Waals surface area contributed by atoms with Crippen LogP contribution in [-0.2, 0) is 4.74 Å². The predicted molar refractivity (Wildman–Crippen MR) is 135 cm³/mol. The summed E-state index contributed by atoms with van der Waals surface area (Å²) in [6.45, 7) is -0.277. The van der Waals surface area contributed by atoms with E-state index < -0.39 is 18.4 Å². The van der Waals surface area contributed by atoms with Crippen LogP contribution in [-0.4, -0.2) is 48.5 Å². The molecular formula is C26H22N6O3. The zero-order valence-electron chi connectivity index (χ0n) is 18.6. The maximum absolute atomic E-state index is 10.3. The van der Waals surface area contributed by atoms with Gasteiger partial charge in [-0.1, -0.05) is 42.5 Å². The molecule has 5 N–H and O–H groups in total. The van der Waals surface area contributed by atoms with E-state index in [0.29, 0.717) is 17.1 Å². The minimum Gasteiger partial charge on any atom is -0.394 e. The zero-order chi connectivity index (χ0) is 23.7. The first-order chi connectivity index (χ1) is 17.1. The molecule has 1 fully saturated rings. The van der Waals surface area contributed by atoms with E-state index in [-0.39, 0.29) is 18.8 Å². The predicted octanol–water partition coefficient (Wildman–Crippen LogP) is 3.69. The van der Waals surface area contributed by atoms with Crippen molar-refractivity contribution >= 4 is 60.9 Å². The van der Waals surface area contributed by atoms with Crippen LogP contribution in [0.3, 0.4) is 0 Å². The van der Waals surface area contributed by atoms with Crippen molar-refractivity contribution in [1.29, 1.82) is 0 Å². The van der Waals surface area contributed by atoms with Crippen LogP contribution in [0.25, 0.3) is 43.5 Å². The van der Waals surface area contributed by atoms with Gasteiger partial charge in [-0.3, -0.25) is 4.57 Å². The van der Waals surface area contributed by atoms with E-state index in [4.69, 9.17) is 10.5 Å². The first kappa shape index (κ1) is 20.3. The molecule has 1 saturated heterocycles. The van der Waals surface area contributed by atoms with E-state index in [1.807, 2.05) is 0 Å². The normalized spacial score (nSPS) is 20.6. The highest BCUT2D eigenvalue weighted by molar-refractivity contribution is 6.23. The number of rotatable bonds is 4. The first-order valence-electron chi connectivity index (χ1n) is 11.5. The largest absolute Gasteiger partial charge is 0.394 e. The molecule has 35 heavy (non-hydrogen) atoms. The number of nitrogens with two attached hydrogens (primary N) is 1. The zero-order valence-corrected chi connectivity index (χ0v) is 18.6. The lowest BCUT2D eigenvalue weighted by Crippen LogP contribution is -2.24. The van der Waals surface area contributed by atoms with Crippen LogP contribution < -0.4 is 11.1 Å². The fourth-order valence-electron chi connectivity index (χ4n) is 5.28. The minimum absolute atomic E-state index is 0.254. The number of hydrogen-bond acceptors (Lipinski definition) is 8. The molecule has 0 unspecified atom stereocenters. The fourth-order valence-corrected chi connectivity index (χ4v) is 5.28. The monoisotopic (exact) mass is 466 g/mol. The van der Waals surface area contributed by atoms with Gasteiger partial charge in [-0.05, 0) is 44.5 Å². The van der Waals surface area contributed by atoms with Crippen LogP contribution in [0.4, 0.5) is 17.5 Å². The van der Waals surface area contributed by atoms with Gasteiger partial charge in [-0.2, -0.15) is 0 Å². The fraction of sp³-hybridized carbons (Fsp3) is 0.192. The van der Waals surface area contributed by atoms with Crippen molar-refractivity contribution in [2.24, 2.45) is 0 Å². The Morgan fingerprint density at radius 2 is 1.69 bits per heavy atom. The van der Waals surface area contributed by atoms with E-state index in [0.717, 1.165) is 16.5 Å². The number of fused-ring (bicyclic) bond motifs is 1. The summed E-state index contributed by atoms with van der Waals surface area (Å²) in [5.41, 5.74) is 7.88. The van der Waals surface area contributed by atoms with E-state index in [2.05, 4.69) is 74.9 Å². The van der Waals surface area contributed by atoms with Crippen molar-refractivity contribution in [2.45, 2.75) is 24.9 Å². The third-order valence-electron chi connectivity index (χ3n) is 6.90. The Morgan fingerprint density at radius 3 is 2.37 bits per heavy atom. The average Bonchev–Trinajstić information content (AvgIpc) is 3.42. The van der Waals surface area contributed by atoms with Crippen LogP contribution in [0.2, 0.25) is 0 Å². The molecule has 1 aliphatic heterocycles. The Morgan fingerprint density at radius 1 is 1.00 bits per heavy atom. The first-order valence-corrected chi connectivity index (χ1v) is 11.5. The topological polar surface area (TPSA) is 131 Å². The lowest BCUT2D eigenvalue weighted by atomic mass is 9.94. The second kappa shape index (κ2) is 7.47. The van der Waals surface area contributed by atoms with E-state index in [1.165, 1.54) is 27.9 Å². The third kappa shape index (κ3) is 3.02. The molecule has 9 nitrogen and oxygen atoms in total. The summed E-state index contributed by atoms with van der Waals surface area (Å²) in [7, 11) is 0. The maximum atomic E-state index is 10.3. The van der Waals surface area contributed by atoms with Crippen LogP contribution in [0, 0.1) is 0 Å². The van der Waals surface area contributed by atoms with Gasteiger partial charge in [0.25, 0.3) is 0 Å². The Balaban J connectivity index is 1.38. The van der Waals surface area contributed by atoms with Crippen LogP contribution >= 0.6 is 0 Å². The number of nitrogens with zero attached hydrogens (tertiary/aromatic N) is 4. The summed E-state index contributed by atoms with van der Waals surface area (Å²) in [6, 6.07) is 19.1. The molecule has 7 rings (SSSR count). The van der Waals surface area contributed by atoms with E-state index >= 15 is 0 Å². The van der Waals surface area contributed by atoms with Gasteiger partial charge in [0.2, 0.25) is 5.95 Å². The van der Waals surface area contributed by atoms with E-state index in [1.54, 1.807) is 4.57 Å². The second-order valence-electron chi connectivity index (χ2n) is 8.98. The van der Waals surface area contributed by atoms with Gasteiger partial charge >= 0.3 is 0 Å². The van der Waals surface area contributed by atoms with Crippen molar-refractivity contribution in [3.05, 3.63) is 60.9 Å². The molecule has 3 atom stereocenters. The average molecular weight is 467 g/mol. The van der Waals surface area contributed by atoms with Gasteiger partial charge in [0, 0.05) is 12.1 Å². The Kier molecular flexibility index (Phi) is 4.34. The van der Waals surface area contributed by atoms with Gasteiger partial charge in [0.1, 0.15) is 18.7 Å². The summed E-state index contributed by atoms with van der Waals surface area (Å²) >= 11 is 0. The maximum Gasteiger partial charge on any atom is 0.211 e. The van der Waals surface area contributed by atoms with Crippen molar-refractivity contribution in [3.8, 4) is 0 Å². The molecule has 0 aliphatic carbocycles. The van der Waals surface area contributed by atoms with Crippen LogP contribution in [0.15, 0.2) is 60.9 Å². The van der Waals surface area contributed by atoms with Gasteiger partial charge in [-0.25, -0.2) is 15.0 Å². The van der Waals surface area contributed by atoms with Crippen molar-refractivity contribution < 1.29 is 14.9 Å². The highest BCUT2D eigenvalue weighted by Crippen LogP contribution is 2.39. The number of aliphatic hydroxyl groups excluding tert-OH is 2. The summed E-state index contributed by atoms with van der Waals surface area (Å²) in [6.07, 6.45) is -0.388. The molecule has 1 aliphatic rings. The number of aliphatic hydroxyl groups is 2. The van der Waals surface area contributed by atoms with Crippen molar-refractivity contribution in [1.82, 2.24) is 19.5 Å². The summed E-state index contributed by atoms with van der Waals surface area (Å²) in [5, 5.41) is 30.5. The molecule has 0 amide bonds. The lowest BCUT2D eigenvalue weighted by Gasteiger charge is -2.18. The van der Waals surface area contributed by atoms with E-state index in [9.17, 15) is 10.2 Å². The van der Waals surface area contributed by atoms with Crippen molar-refractivity contribution in [2.75, 3.05) is 17.7 Å². The molecule has 3 heterocycles. The highest BCUT2D eigenvalue weighted by Gasteiger charge is 2.37. The Labute approximate surface area is 199 Å². The smallest absolute Gasteiger partial charge is 0.211 e. The quantitative estimate of drug-likeness (QED) is 0.289. The van der Waals surface area contributed by atoms with Gasteiger partial charge < -0.3 is 26.0 Å². The SMILES string of the molecule is Nc1ncnc2c1nc(Nc1cc3ccc4cccc5ccc(c1)c3c45)n2[C@H]1C[C@H](O)[C@@H](CO)O1. The molecule has 174 valence electrons. The molecule has 0 radical (unpaired) electrons. The number of nitrogens with one attached hydrogen (secondary N) is 1. The second-order valence-corrected chi connectivity index (χ2v) is 8.98. The molecule has 0 bridgehead atoms. The summed E-state index contributed by atoms with van der Waals surface area (Å²) in [5.74, 6) is 0.723. The van der Waals surface area contributed by atoms with Crippen LogP contribution in [0.1, 0.15) is 12.6 Å². The van der Waals surface area contributed by atoms with Gasteiger partial charge in [-0.15, -0.1) is 0 Å². The lowest BCUT2D eigenvalue weighted by molar-refractivity contribution is -0.0425.